The highest BCUT2D eigenvalue weighted by atomic mass is 16.3. The summed E-state index contributed by atoms with van der Waals surface area (Å²) in [5.74, 6) is 2.22. The molecule has 0 fully saturated rings. The molecule has 1 aromatic carbocycles. The Labute approximate surface area is 163 Å². The molecule has 0 amide bonds. The molecule has 6 heteroatoms. The van der Waals surface area contributed by atoms with E-state index in [0.29, 0.717) is 23.3 Å². The lowest BCUT2D eigenvalue weighted by atomic mass is 9.80. The Morgan fingerprint density at radius 2 is 2.11 bits per heavy atom. The molecule has 6 nitrogen and oxygen atoms in total. The number of aryl methyl sites for hydroxylation is 1. The third kappa shape index (κ3) is 2.68. The summed E-state index contributed by atoms with van der Waals surface area (Å²) in [5, 5.41) is 8.35. The van der Waals surface area contributed by atoms with Gasteiger partial charge in [0.2, 0.25) is 5.82 Å². The van der Waals surface area contributed by atoms with E-state index >= 15 is 0 Å². The number of furan rings is 1. The summed E-state index contributed by atoms with van der Waals surface area (Å²) >= 11 is 0. The highest BCUT2D eigenvalue weighted by Crippen LogP contribution is 2.41. The average Bonchev–Trinajstić information content (AvgIpc) is 3.29. The molecular formula is C22H23N5O. The molecule has 0 unspecified atom stereocenters. The lowest BCUT2D eigenvalue weighted by Gasteiger charge is -2.38. The van der Waals surface area contributed by atoms with Crippen LogP contribution in [0.3, 0.4) is 0 Å². The molecule has 4 heterocycles. The predicted molar refractivity (Wildman–Crippen MR) is 109 cm³/mol. The minimum atomic E-state index is 0.105. The summed E-state index contributed by atoms with van der Waals surface area (Å²) in [6, 6.07) is 10.2. The van der Waals surface area contributed by atoms with Gasteiger partial charge in [-0.25, -0.2) is 4.98 Å². The van der Waals surface area contributed by atoms with Crippen molar-refractivity contribution in [2.75, 3.05) is 5.32 Å². The third-order valence-electron chi connectivity index (χ3n) is 5.48. The summed E-state index contributed by atoms with van der Waals surface area (Å²) in [6.07, 6.45) is 4.51. The third-order valence-corrected chi connectivity index (χ3v) is 5.48. The van der Waals surface area contributed by atoms with E-state index in [4.69, 9.17) is 4.42 Å². The van der Waals surface area contributed by atoms with Gasteiger partial charge in [0.1, 0.15) is 0 Å². The molecule has 4 aromatic rings. The van der Waals surface area contributed by atoms with Gasteiger partial charge in [-0.05, 0) is 74.6 Å². The number of nitrogens with one attached hydrogen (secondary N) is 1. The topological polar surface area (TPSA) is 68.2 Å². The lowest BCUT2D eigenvalue weighted by molar-refractivity contribution is 0.454. The predicted octanol–water partition coefficient (Wildman–Crippen LogP) is 5.06. The van der Waals surface area contributed by atoms with Gasteiger partial charge in [0.05, 0.1) is 12.0 Å². The number of hydrogen-bond acceptors (Lipinski definition) is 5. The molecule has 3 aromatic heterocycles. The van der Waals surface area contributed by atoms with Crippen molar-refractivity contribution in [2.24, 2.45) is 0 Å². The first kappa shape index (κ1) is 17.0. The Morgan fingerprint density at radius 3 is 2.89 bits per heavy atom. The number of nitrogens with zero attached hydrogens (tertiary/aromatic N) is 4. The van der Waals surface area contributed by atoms with Crippen LogP contribution in [0.2, 0.25) is 0 Å². The van der Waals surface area contributed by atoms with Crippen LogP contribution in [0, 0.1) is 6.92 Å². The summed E-state index contributed by atoms with van der Waals surface area (Å²) < 4.78 is 7.25. The van der Waals surface area contributed by atoms with Gasteiger partial charge in [0.15, 0.2) is 5.76 Å². The van der Waals surface area contributed by atoms with Gasteiger partial charge in [-0.3, -0.25) is 0 Å². The lowest BCUT2D eigenvalue weighted by Crippen LogP contribution is -2.36. The number of anilines is 1. The van der Waals surface area contributed by atoms with E-state index in [1.807, 2.05) is 18.2 Å². The largest absolute Gasteiger partial charge is 0.461 e. The zero-order chi connectivity index (χ0) is 19.5. The maximum Gasteiger partial charge on any atom is 0.253 e. The van der Waals surface area contributed by atoms with Crippen LogP contribution in [0.15, 0.2) is 47.2 Å². The highest BCUT2D eigenvalue weighted by molar-refractivity contribution is 5.73. The quantitative estimate of drug-likeness (QED) is 0.532. The van der Waals surface area contributed by atoms with Crippen LogP contribution >= 0.6 is 0 Å². The van der Waals surface area contributed by atoms with Crippen LogP contribution in [0.1, 0.15) is 44.2 Å². The number of benzene rings is 1. The molecule has 0 radical (unpaired) electrons. The summed E-state index contributed by atoms with van der Waals surface area (Å²) in [5.41, 5.74) is 6.00. The van der Waals surface area contributed by atoms with E-state index in [1.165, 1.54) is 16.8 Å². The molecule has 0 saturated carbocycles. The monoisotopic (exact) mass is 373 g/mol. The zero-order valence-electron chi connectivity index (χ0n) is 16.5. The molecule has 0 bridgehead atoms. The number of rotatable bonds is 2. The molecule has 1 atom stereocenters. The fraction of sp³-hybridized carbons (Fsp3) is 0.318. The minimum absolute atomic E-state index is 0.105. The van der Waals surface area contributed by atoms with Crippen molar-refractivity contribution in [2.45, 2.75) is 45.6 Å². The number of hydrogen-bond donors (Lipinski definition) is 1. The summed E-state index contributed by atoms with van der Waals surface area (Å²) in [7, 11) is 0. The van der Waals surface area contributed by atoms with Gasteiger partial charge >= 0.3 is 0 Å². The first-order valence-corrected chi connectivity index (χ1v) is 9.60. The Kier molecular flexibility index (Phi) is 3.59. The summed E-state index contributed by atoms with van der Waals surface area (Å²) in [6.45, 7) is 8.95. The van der Waals surface area contributed by atoms with Crippen LogP contribution in [0.5, 0.6) is 0 Å². The van der Waals surface area contributed by atoms with Gasteiger partial charge in [0.25, 0.3) is 5.78 Å². The van der Waals surface area contributed by atoms with Crippen molar-refractivity contribution in [3.05, 3.63) is 53.9 Å². The van der Waals surface area contributed by atoms with Crippen LogP contribution in [0.25, 0.3) is 28.6 Å². The van der Waals surface area contributed by atoms with Crippen molar-refractivity contribution in [1.82, 2.24) is 19.6 Å². The molecule has 1 aliphatic heterocycles. The van der Waals surface area contributed by atoms with Gasteiger partial charge in [-0.15, -0.1) is 5.10 Å². The second-order valence-corrected chi connectivity index (χ2v) is 8.32. The standard InChI is InChI=1S/C22H23N5O/c1-13-10-17-15(14(2)12-22(3,4)25-17)11-16(13)18-7-8-23-21-24-20(26-27(18)21)19-6-5-9-28-19/h5-11,14,25H,12H2,1-4H3/t14-/m0/s1. The van der Waals surface area contributed by atoms with E-state index in [-0.39, 0.29) is 5.54 Å². The van der Waals surface area contributed by atoms with Crippen molar-refractivity contribution in [1.29, 1.82) is 0 Å². The van der Waals surface area contributed by atoms with Crippen LogP contribution in [0.4, 0.5) is 5.69 Å². The van der Waals surface area contributed by atoms with Crippen molar-refractivity contribution >= 4 is 11.5 Å². The average molecular weight is 373 g/mol. The smallest absolute Gasteiger partial charge is 0.253 e. The zero-order valence-corrected chi connectivity index (χ0v) is 16.5. The Bertz CT molecular complexity index is 1170. The van der Waals surface area contributed by atoms with Crippen LogP contribution in [-0.4, -0.2) is 25.1 Å². The first-order chi connectivity index (χ1) is 13.4. The van der Waals surface area contributed by atoms with E-state index in [0.717, 1.165) is 17.7 Å². The van der Waals surface area contributed by atoms with Crippen LogP contribution in [-0.2, 0) is 0 Å². The molecule has 0 saturated heterocycles. The van der Waals surface area contributed by atoms with E-state index < -0.39 is 0 Å². The second kappa shape index (κ2) is 5.92. The van der Waals surface area contributed by atoms with E-state index in [1.54, 1.807) is 17.0 Å². The fourth-order valence-corrected chi connectivity index (χ4v) is 4.32. The Hall–Kier alpha value is -3.15. The molecule has 5 rings (SSSR count). The van der Waals surface area contributed by atoms with Crippen molar-refractivity contribution < 1.29 is 4.42 Å². The van der Waals surface area contributed by atoms with Crippen molar-refractivity contribution in [3.63, 3.8) is 0 Å². The van der Waals surface area contributed by atoms with Gasteiger partial charge < -0.3 is 9.73 Å². The van der Waals surface area contributed by atoms with E-state index in [2.05, 4.69) is 60.2 Å². The normalized spacial score (nSPS) is 18.1. The molecule has 28 heavy (non-hydrogen) atoms. The van der Waals surface area contributed by atoms with Gasteiger partial charge in [-0.2, -0.15) is 9.50 Å². The molecular weight excluding hydrogens is 350 g/mol. The fourth-order valence-electron chi connectivity index (χ4n) is 4.32. The SMILES string of the molecule is Cc1cc2c(cc1-c1ccnc3nc(-c4ccco4)nn13)[C@@H](C)CC(C)(C)N2. The highest BCUT2D eigenvalue weighted by Gasteiger charge is 2.30. The first-order valence-electron chi connectivity index (χ1n) is 9.60. The molecule has 0 aliphatic carbocycles. The second-order valence-electron chi connectivity index (χ2n) is 8.32. The van der Waals surface area contributed by atoms with Gasteiger partial charge in [-0.1, -0.05) is 6.92 Å². The Morgan fingerprint density at radius 1 is 1.25 bits per heavy atom. The van der Waals surface area contributed by atoms with Gasteiger partial charge in [0, 0.05) is 23.0 Å². The maximum atomic E-state index is 5.45. The number of fused-ring (bicyclic) bond motifs is 2. The molecule has 142 valence electrons. The molecule has 1 aliphatic rings. The molecule has 0 spiro atoms. The molecule has 1 N–H and O–H groups in total. The minimum Gasteiger partial charge on any atom is -0.461 e. The Balaban J connectivity index is 1.68. The van der Waals surface area contributed by atoms with Crippen LogP contribution < -0.4 is 5.32 Å². The maximum absolute atomic E-state index is 5.45. The van der Waals surface area contributed by atoms with E-state index in [9.17, 15) is 0 Å². The summed E-state index contributed by atoms with van der Waals surface area (Å²) in [4.78, 5) is 8.91. The van der Waals surface area contributed by atoms with Crippen molar-refractivity contribution in [3.8, 4) is 22.8 Å². The number of aromatic nitrogens is 4.